The first-order valence-electron chi connectivity index (χ1n) is 17.1. The number of anilines is 2. The number of fused-ring (bicyclic) bond motifs is 2. The van der Waals surface area contributed by atoms with Crippen LogP contribution in [-0.2, 0) is 34.3 Å². The maximum atomic E-state index is 16.4. The SMILES string of the molecule is CC(=O)OC1CC(=O)N1c1ccc2c(c1)[C@]1(O[C@@H](CC(=O)N3CCC[C@H]3CO)[C@H]([Si](C)(C)F)[C@H]1C)C(=O)N2C/C=C(\C)CCC=C(C)C. The topological polar surface area (TPSA) is 117 Å². The number of hydrogen-bond acceptors (Lipinski definition) is 7. The van der Waals surface area contributed by atoms with Gasteiger partial charge in [-0.25, -0.2) is 0 Å². The van der Waals surface area contributed by atoms with E-state index in [0.29, 0.717) is 29.9 Å². The number of esters is 1. The zero-order valence-electron chi connectivity index (χ0n) is 29.3. The second-order valence-corrected chi connectivity index (χ2v) is 18.4. The highest BCUT2D eigenvalue weighted by atomic mass is 28.4. The van der Waals surface area contributed by atoms with Crippen molar-refractivity contribution in [1.82, 2.24) is 4.90 Å². The first-order chi connectivity index (χ1) is 22.6. The fourth-order valence-electron chi connectivity index (χ4n) is 8.13. The molecule has 3 saturated heterocycles. The summed E-state index contributed by atoms with van der Waals surface area (Å²) in [6.07, 6.45) is 5.74. The van der Waals surface area contributed by atoms with Gasteiger partial charge < -0.3 is 28.5 Å². The Hall–Kier alpha value is -3.35. The molecule has 0 aromatic heterocycles. The van der Waals surface area contributed by atoms with Crippen LogP contribution in [-0.4, -0.2) is 80.2 Å². The fourth-order valence-corrected chi connectivity index (χ4v) is 10.6. The lowest BCUT2D eigenvalue weighted by Gasteiger charge is -2.39. The predicted molar refractivity (Wildman–Crippen MR) is 183 cm³/mol. The van der Waals surface area contributed by atoms with Crippen molar-refractivity contribution in [3.05, 3.63) is 47.1 Å². The zero-order valence-corrected chi connectivity index (χ0v) is 30.3. The molecule has 0 radical (unpaired) electrons. The number of β-lactam (4-membered cyclic amide) rings is 1. The summed E-state index contributed by atoms with van der Waals surface area (Å²) in [4.78, 5) is 57.7. The van der Waals surface area contributed by atoms with Crippen LogP contribution < -0.4 is 9.80 Å². The summed E-state index contributed by atoms with van der Waals surface area (Å²) >= 11 is 0. The van der Waals surface area contributed by atoms with Crippen molar-refractivity contribution in [2.75, 3.05) is 29.5 Å². The molecule has 12 heteroatoms. The Morgan fingerprint density at radius 1 is 1.17 bits per heavy atom. The molecule has 6 atom stereocenters. The van der Waals surface area contributed by atoms with Gasteiger partial charge in [0.25, 0.3) is 5.91 Å². The standard InChI is InChI=1S/C36H50FN3O7Si/c1-22(2)10-8-11-23(3)15-17-39-29-14-13-26(40-32(44)20-33(40)46-25(5)42)18-28(29)36(35(39)45)24(4)34(48(6,7)37)30(47-36)19-31(43)38-16-9-12-27(38)21-41/h10,13-15,18,24,27,30,33-34,41H,8-9,11-12,16-17,19-21H2,1-7H3/b23-15+/t24-,27+,30+,33?,34-,36+/m1/s1. The van der Waals surface area contributed by atoms with E-state index in [1.165, 1.54) is 17.4 Å². The minimum atomic E-state index is -3.54. The maximum Gasteiger partial charge on any atom is 0.304 e. The highest BCUT2D eigenvalue weighted by Crippen LogP contribution is 2.60. The summed E-state index contributed by atoms with van der Waals surface area (Å²) in [7, 11) is -3.54. The van der Waals surface area contributed by atoms with Crippen molar-refractivity contribution in [1.29, 1.82) is 0 Å². The number of ether oxygens (including phenoxy) is 2. The minimum absolute atomic E-state index is 0.0514. The molecule has 1 unspecified atom stereocenters. The smallest absolute Gasteiger partial charge is 0.304 e. The fraction of sp³-hybridized carbons (Fsp3) is 0.611. The van der Waals surface area contributed by atoms with Crippen LogP contribution >= 0.6 is 0 Å². The number of benzene rings is 1. The molecule has 10 nitrogen and oxygen atoms in total. The van der Waals surface area contributed by atoms with E-state index >= 15 is 4.11 Å². The molecule has 0 bridgehead atoms. The van der Waals surface area contributed by atoms with Crippen LogP contribution in [0.2, 0.25) is 18.6 Å². The summed E-state index contributed by atoms with van der Waals surface area (Å²) in [5.74, 6) is -1.91. The van der Waals surface area contributed by atoms with Gasteiger partial charge >= 0.3 is 5.97 Å². The number of likely N-dealkylation sites (tertiary alicyclic amines) is 1. The van der Waals surface area contributed by atoms with Gasteiger partial charge in [-0.15, -0.1) is 0 Å². The Morgan fingerprint density at radius 3 is 2.52 bits per heavy atom. The molecule has 3 fully saturated rings. The molecular formula is C36H50FN3O7Si. The Labute approximate surface area is 284 Å². The van der Waals surface area contributed by atoms with Gasteiger partial charge in [0.1, 0.15) is 0 Å². The molecule has 1 aromatic rings. The second-order valence-electron chi connectivity index (χ2n) is 14.6. The number of aliphatic hydroxyl groups excluding tert-OH is 1. The van der Waals surface area contributed by atoms with E-state index in [1.807, 2.05) is 19.9 Å². The van der Waals surface area contributed by atoms with E-state index in [2.05, 4.69) is 19.9 Å². The lowest BCUT2D eigenvalue weighted by Crippen LogP contribution is -2.55. The molecule has 1 spiro atoms. The molecule has 4 heterocycles. The average Bonchev–Trinajstić information content (AvgIpc) is 3.65. The van der Waals surface area contributed by atoms with Crippen molar-refractivity contribution in [3.8, 4) is 0 Å². The molecule has 4 aliphatic rings. The summed E-state index contributed by atoms with van der Waals surface area (Å²) in [5, 5.41) is 9.86. The molecular weight excluding hydrogens is 633 g/mol. The van der Waals surface area contributed by atoms with Crippen LogP contribution in [0.3, 0.4) is 0 Å². The van der Waals surface area contributed by atoms with Crippen molar-refractivity contribution in [3.63, 3.8) is 0 Å². The van der Waals surface area contributed by atoms with E-state index in [-0.39, 0.29) is 49.8 Å². The van der Waals surface area contributed by atoms with Gasteiger partial charge in [0.15, 0.2) is 11.8 Å². The van der Waals surface area contributed by atoms with Crippen LogP contribution in [0.1, 0.15) is 78.7 Å². The summed E-state index contributed by atoms with van der Waals surface area (Å²) in [5.41, 5.74) is 1.66. The number of rotatable bonds is 11. The third-order valence-electron chi connectivity index (χ3n) is 10.4. The minimum Gasteiger partial charge on any atom is -0.441 e. The highest BCUT2D eigenvalue weighted by molar-refractivity contribution is 6.72. The lowest BCUT2D eigenvalue weighted by molar-refractivity contribution is -0.154. The van der Waals surface area contributed by atoms with Gasteiger partial charge in [-0.3, -0.25) is 24.1 Å². The third-order valence-corrected chi connectivity index (χ3v) is 12.9. The van der Waals surface area contributed by atoms with Gasteiger partial charge in [-0.1, -0.05) is 30.2 Å². The predicted octanol–water partition coefficient (Wildman–Crippen LogP) is 5.50. The number of hydrogen-bond donors (Lipinski definition) is 1. The van der Waals surface area contributed by atoms with E-state index in [0.717, 1.165) is 24.8 Å². The van der Waals surface area contributed by atoms with E-state index in [1.54, 1.807) is 41.1 Å². The molecule has 4 aliphatic heterocycles. The van der Waals surface area contributed by atoms with Crippen molar-refractivity contribution >= 4 is 43.5 Å². The normalized spacial score (nSPS) is 28.6. The number of allylic oxidation sites excluding steroid dienone is 3. The average molecular weight is 684 g/mol. The van der Waals surface area contributed by atoms with Crippen LogP contribution in [0.4, 0.5) is 15.5 Å². The third kappa shape index (κ3) is 6.63. The van der Waals surface area contributed by atoms with Crippen LogP contribution in [0.5, 0.6) is 0 Å². The van der Waals surface area contributed by atoms with E-state index < -0.39 is 43.8 Å². The van der Waals surface area contributed by atoms with Gasteiger partial charge in [0, 0.05) is 42.7 Å². The van der Waals surface area contributed by atoms with Gasteiger partial charge in [-0.2, -0.15) is 0 Å². The van der Waals surface area contributed by atoms with Crippen molar-refractivity contribution in [2.24, 2.45) is 5.92 Å². The second kappa shape index (κ2) is 13.9. The number of carbonyl (C=O) groups excluding carboxylic acids is 4. The van der Waals surface area contributed by atoms with Gasteiger partial charge in [-0.05, 0) is 77.7 Å². The Bertz CT molecular complexity index is 1520. The molecule has 48 heavy (non-hydrogen) atoms. The zero-order chi connectivity index (χ0) is 35.1. The lowest BCUT2D eigenvalue weighted by atomic mass is 9.82. The molecule has 1 aromatic carbocycles. The summed E-state index contributed by atoms with van der Waals surface area (Å²) < 4.78 is 28.6. The number of nitrogens with zero attached hydrogens (tertiary/aromatic N) is 3. The summed E-state index contributed by atoms with van der Waals surface area (Å²) in [6.45, 7) is 13.1. The van der Waals surface area contributed by atoms with Crippen molar-refractivity contribution < 1.29 is 37.9 Å². The van der Waals surface area contributed by atoms with Crippen LogP contribution in [0, 0.1) is 5.92 Å². The number of carbonyl (C=O) groups is 4. The number of aliphatic hydroxyl groups is 1. The molecule has 0 saturated carbocycles. The number of halogens is 1. The molecule has 1 N–H and O–H groups in total. The first kappa shape index (κ1) is 35.9. The van der Waals surface area contributed by atoms with Crippen LogP contribution in [0.15, 0.2) is 41.5 Å². The molecule has 0 aliphatic carbocycles. The molecule has 5 rings (SSSR count). The summed E-state index contributed by atoms with van der Waals surface area (Å²) in [6, 6.07) is 4.96. The Balaban J connectivity index is 1.55. The van der Waals surface area contributed by atoms with Gasteiger partial charge in [0.2, 0.25) is 20.2 Å². The molecule has 262 valence electrons. The molecule has 3 amide bonds. The van der Waals surface area contributed by atoms with Crippen molar-refractivity contribution in [2.45, 2.75) is 116 Å². The Kier molecular flexibility index (Phi) is 10.4. The van der Waals surface area contributed by atoms with Crippen LogP contribution in [0.25, 0.3) is 0 Å². The first-order valence-corrected chi connectivity index (χ1v) is 20.1. The maximum absolute atomic E-state index is 16.4. The Morgan fingerprint density at radius 2 is 1.90 bits per heavy atom. The van der Waals surface area contributed by atoms with E-state index in [9.17, 15) is 24.3 Å². The van der Waals surface area contributed by atoms with Gasteiger partial charge in [0.05, 0.1) is 37.3 Å². The largest absolute Gasteiger partial charge is 0.441 e. The monoisotopic (exact) mass is 683 g/mol. The highest BCUT2D eigenvalue weighted by Gasteiger charge is 2.67. The van der Waals surface area contributed by atoms with E-state index in [4.69, 9.17) is 9.47 Å². The number of amides is 3. The quantitative estimate of drug-likeness (QED) is 0.108.